The first kappa shape index (κ1) is 47.6. The first-order valence-electron chi connectivity index (χ1n) is 28.0. The summed E-state index contributed by atoms with van der Waals surface area (Å²) in [5, 5.41) is 0. The van der Waals surface area contributed by atoms with Crippen molar-refractivity contribution in [3.8, 4) is 78.0 Å². The van der Waals surface area contributed by atoms with Crippen LogP contribution in [0.1, 0.15) is 61.1 Å². The highest BCUT2D eigenvalue weighted by Gasteiger charge is 2.38. The molecule has 5 heterocycles. The molecular weight excluding hydrogens is 943 g/mol. The van der Waals surface area contributed by atoms with Gasteiger partial charge >= 0.3 is 0 Å². The van der Waals surface area contributed by atoms with E-state index in [0.29, 0.717) is 0 Å². The van der Waals surface area contributed by atoms with Crippen molar-refractivity contribution in [1.82, 2.24) is 4.98 Å². The molecule has 378 valence electrons. The van der Waals surface area contributed by atoms with Gasteiger partial charge in [0, 0.05) is 86.3 Å². The molecule has 0 unspecified atom stereocenters. The average molecular weight is 1010 g/mol. The Balaban J connectivity index is 0.776. The van der Waals surface area contributed by atoms with Gasteiger partial charge in [-0.2, -0.15) is 0 Å². The van der Waals surface area contributed by atoms with Crippen molar-refractivity contribution in [2.45, 2.75) is 53.4 Å². The third-order valence-corrected chi connectivity index (χ3v) is 16.7. The lowest BCUT2D eigenvalue weighted by Gasteiger charge is -2.33. The molecule has 0 spiro atoms. The van der Waals surface area contributed by atoms with Crippen LogP contribution in [0.3, 0.4) is 0 Å². The monoisotopic (exact) mass is 1010 g/mol. The molecule has 0 saturated carbocycles. The summed E-state index contributed by atoms with van der Waals surface area (Å²) in [5.41, 5.74) is 30.7. The van der Waals surface area contributed by atoms with E-state index in [1.54, 1.807) is 0 Å². The lowest BCUT2D eigenvalue weighted by molar-refractivity contribution is 0.516. The Labute approximate surface area is 460 Å². The molecule has 0 bridgehead atoms. The number of aromatic nitrogens is 1. The number of nitrogens with zero attached hydrogens (tertiary/aromatic N) is 3. The predicted octanol–water partition coefficient (Wildman–Crippen LogP) is 18.7. The van der Waals surface area contributed by atoms with E-state index in [-0.39, 0.29) is 10.8 Å². The van der Waals surface area contributed by atoms with E-state index in [1.165, 1.54) is 117 Å². The smallest absolute Gasteiger partial charge is 0.0702 e. The summed E-state index contributed by atoms with van der Waals surface area (Å²) in [6.07, 6.45) is 10.8. The second kappa shape index (κ2) is 19.0. The number of fused-ring (bicyclic) bond motifs is 12. The summed E-state index contributed by atoms with van der Waals surface area (Å²) in [7, 11) is 0. The number of aryl methyl sites for hydroxylation is 4. The standard InChI is InChI=1S/C75H63N3/c1-74(2)45-72-65-23-12-10-21-63(65)67-42-50(29-37-70(67)77(72)48-74)25-27-52-39-53(28-26-51-30-38-71-68(43-51)64-22-11-13-24-66(64)73-46-75(3,4)49-78(71)73)41-60(40-52)62-20-9-8-19-61(62)59-35-36-69(76-47-59)58-18-14-17-57(44-58)56-33-31-55(32-34-56)54-15-6-5-7-16-54/h5-24,29-47H,25-28,48-49H2,1-4H3. The lowest BCUT2D eigenvalue weighted by Crippen LogP contribution is -2.27. The maximum Gasteiger partial charge on any atom is 0.0702 e. The van der Waals surface area contributed by atoms with Gasteiger partial charge in [0.15, 0.2) is 0 Å². The number of hydrogen-bond acceptors (Lipinski definition) is 3. The predicted molar refractivity (Wildman–Crippen MR) is 328 cm³/mol. The van der Waals surface area contributed by atoms with Crippen LogP contribution in [0.2, 0.25) is 0 Å². The third-order valence-electron chi connectivity index (χ3n) is 16.7. The molecule has 0 aliphatic carbocycles. The van der Waals surface area contributed by atoms with Crippen LogP contribution in [0.4, 0.5) is 11.4 Å². The molecule has 3 heteroatoms. The summed E-state index contributed by atoms with van der Waals surface area (Å²) in [6.45, 7) is 11.4. The normalized spacial score (nSPS) is 15.1. The Morgan fingerprint density at radius 3 is 1.29 bits per heavy atom. The zero-order chi connectivity index (χ0) is 52.5. The van der Waals surface area contributed by atoms with Gasteiger partial charge in [0.1, 0.15) is 0 Å². The Bertz CT molecular complexity index is 3870. The number of pyridine rings is 1. The number of hydrogen-bond donors (Lipinski definition) is 0. The van der Waals surface area contributed by atoms with Gasteiger partial charge in [-0.1, -0.05) is 222 Å². The van der Waals surface area contributed by atoms with Crippen LogP contribution in [0, 0.1) is 10.8 Å². The quantitative estimate of drug-likeness (QED) is 0.129. The molecule has 0 fully saturated rings. The number of rotatable bonds is 11. The summed E-state index contributed by atoms with van der Waals surface area (Å²) in [6, 6.07) is 81.4. The summed E-state index contributed by atoms with van der Waals surface area (Å²) >= 11 is 0. The number of benzene rings is 9. The van der Waals surface area contributed by atoms with E-state index in [2.05, 4.69) is 274 Å². The van der Waals surface area contributed by atoms with E-state index < -0.39 is 0 Å². The van der Waals surface area contributed by atoms with Gasteiger partial charge in [-0.05, 0) is 134 Å². The average Bonchev–Trinajstić information content (AvgIpc) is 4.22. The van der Waals surface area contributed by atoms with E-state index in [1.807, 2.05) is 0 Å². The van der Waals surface area contributed by atoms with Crippen molar-refractivity contribution in [3.05, 3.63) is 270 Å². The molecule has 0 saturated heterocycles. The Morgan fingerprint density at radius 1 is 0.321 bits per heavy atom. The molecule has 9 aromatic carbocycles. The van der Waals surface area contributed by atoms with Gasteiger partial charge in [-0.3, -0.25) is 4.98 Å². The molecule has 0 radical (unpaired) electrons. The largest absolute Gasteiger partial charge is 0.340 e. The molecule has 78 heavy (non-hydrogen) atoms. The van der Waals surface area contributed by atoms with Gasteiger partial charge in [-0.25, -0.2) is 0 Å². The molecule has 14 rings (SSSR count). The van der Waals surface area contributed by atoms with E-state index in [4.69, 9.17) is 4.98 Å². The third kappa shape index (κ3) is 8.87. The Morgan fingerprint density at radius 2 is 0.756 bits per heavy atom. The zero-order valence-corrected chi connectivity index (χ0v) is 45.1. The van der Waals surface area contributed by atoms with Crippen molar-refractivity contribution in [2.75, 3.05) is 22.9 Å². The fraction of sp³-hybridized carbons (Fsp3) is 0.160. The van der Waals surface area contributed by atoms with Crippen molar-refractivity contribution in [3.63, 3.8) is 0 Å². The van der Waals surface area contributed by atoms with Crippen LogP contribution in [0.25, 0.3) is 89.4 Å². The van der Waals surface area contributed by atoms with E-state index >= 15 is 0 Å². The second-order valence-electron chi connectivity index (χ2n) is 23.5. The molecular formula is C75H63N3. The molecule has 1 aromatic heterocycles. The Hall–Kier alpha value is -8.79. The van der Waals surface area contributed by atoms with Gasteiger partial charge in [0.2, 0.25) is 0 Å². The second-order valence-corrected chi connectivity index (χ2v) is 23.5. The molecule has 3 nitrogen and oxygen atoms in total. The zero-order valence-electron chi connectivity index (χ0n) is 45.1. The molecule has 4 aliphatic rings. The minimum absolute atomic E-state index is 0.118. The minimum atomic E-state index is 0.118. The first-order chi connectivity index (χ1) is 38.1. The van der Waals surface area contributed by atoms with Crippen molar-refractivity contribution in [2.24, 2.45) is 10.8 Å². The SMILES string of the molecule is CC1(C)C=C2c3ccccc3-c3cc(CCc4cc(CCc5ccc6c(c5)-c5ccccc5C5=CC(C)(C)CN56)cc(-c5ccccc5-c5ccc(-c6cccc(-c7ccc(-c8ccccc8)cc7)c6)nc5)c4)ccc3N2C1. The highest BCUT2D eigenvalue weighted by atomic mass is 15.2. The summed E-state index contributed by atoms with van der Waals surface area (Å²) < 4.78 is 0. The van der Waals surface area contributed by atoms with Gasteiger partial charge < -0.3 is 9.80 Å². The van der Waals surface area contributed by atoms with Crippen LogP contribution < -0.4 is 9.80 Å². The van der Waals surface area contributed by atoms with Crippen molar-refractivity contribution in [1.29, 1.82) is 0 Å². The van der Waals surface area contributed by atoms with Gasteiger partial charge in [0.05, 0.1) is 5.69 Å². The van der Waals surface area contributed by atoms with Gasteiger partial charge in [-0.15, -0.1) is 0 Å². The van der Waals surface area contributed by atoms with E-state index in [0.717, 1.165) is 55.6 Å². The molecule has 4 aliphatic heterocycles. The fourth-order valence-electron chi connectivity index (χ4n) is 12.9. The lowest BCUT2D eigenvalue weighted by atomic mass is 9.88. The summed E-state index contributed by atoms with van der Waals surface area (Å²) in [5.74, 6) is 0. The first-order valence-corrected chi connectivity index (χ1v) is 28.0. The van der Waals surface area contributed by atoms with Gasteiger partial charge in [0.25, 0.3) is 0 Å². The molecule has 0 atom stereocenters. The minimum Gasteiger partial charge on any atom is -0.340 e. The Kier molecular flexibility index (Phi) is 11.6. The van der Waals surface area contributed by atoms with Crippen LogP contribution in [0.5, 0.6) is 0 Å². The topological polar surface area (TPSA) is 19.4 Å². The molecule has 0 N–H and O–H groups in total. The maximum absolute atomic E-state index is 5.14. The van der Waals surface area contributed by atoms with Crippen LogP contribution in [-0.2, 0) is 25.7 Å². The highest BCUT2D eigenvalue weighted by molar-refractivity contribution is 6.02. The van der Waals surface area contributed by atoms with Crippen LogP contribution in [0.15, 0.2) is 237 Å². The number of anilines is 2. The van der Waals surface area contributed by atoms with E-state index in [9.17, 15) is 0 Å². The summed E-state index contributed by atoms with van der Waals surface area (Å²) in [4.78, 5) is 10.2. The highest BCUT2D eigenvalue weighted by Crippen LogP contribution is 2.52. The van der Waals surface area contributed by atoms with Crippen LogP contribution in [-0.4, -0.2) is 18.1 Å². The van der Waals surface area contributed by atoms with Crippen molar-refractivity contribution < 1.29 is 0 Å². The fourth-order valence-corrected chi connectivity index (χ4v) is 12.9. The maximum atomic E-state index is 5.14. The molecule has 0 amide bonds. The van der Waals surface area contributed by atoms with Crippen molar-refractivity contribution >= 4 is 22.8 Å². The van der Waals surface area contributed by atoms with Crippen LogP contribution >= 0.6 is 0 Å². The molecule has 10 aromatic rings.